The Kier molecular flexibility index (Phi) is 31.2. The van der Waals surface area contributed by atoms with Crippen molar-refractivity contribution < 1.29 is 57.6 Å². The zero-order valence-corrected chi connectivity index (χ0v) is 47.9. The summed E-state index contributed by atoms with van der Waals surface area (Å²) in [6.45, 7) is 22.6. The first-order valence-corrected chi connectivity index (χ1v) is 28.0. The summed E-state index contributed by atoms with van der Waals surface area (Å²) in [7, 11) is 5.08. The quantitative estimate of drug-likeness (QED) is 0.0462. The number of aromatic amines is 1. The molecule has 0 unspecified atom stereocenters. The van der Waals surface area contributed by atoms with E-state index in [1.54, 1.807) is 27.5 Å². The molecule has 5 rings (SSSR count). The molecule has 0 radical (unpaired) electrons. The van der Waals surface area contributed by atoms with Crippen molar-refractivity contribution in [3.05, 3.63) is 80.5 Å². The van der Waals surface area contributed by atoms with Gasteiger partial charge in [-0.3, -0.25) is 19.8 Å². The van der Waals surface area contributed by atoms with Crippen LogP contribution in [0.1, 0.15) is 75.4 Å². The average molecular weight is 1090 g/mol. The molecule has 78 heavy (non-hydrogen) atoms. The fourth-order valence-corrected chi connectivity index (χ4v) is 9.19. The van der Waals surface area contributed by atoms with Gasteiger partial charge in [-0.15, -0.1) is 0 Å². The molecule has 1 aromatic heterocycles. The zero-order chi connectivity index (χ0) is 55.6. The lowest BCUT2D eigenvalue weighted by Crippen LogP contribution is -2.48. The van der Waals surface area contributed by atoms with Crippen LogP contribution < -0.4 is 9.47 Å². The van der Waals surface area contributed by atoms with Crippen molar-refractivity contribution in [2.45, 2.75) is 66.2 Å². The number of aliphatic imine (C=N–C) groups is 4. The number of ether oxygens (including phenoxy) is 10. The van der Waals surface area contributed by atoms with E-state index in [1.165, 1.54) is 11.1 Å². The van der Waals surface area contributed by atoms with Crippen LogP contribution in [0, 0.1) is 6.92 Å². The van der Waals surface area contributed by atoms with E-state index in [0.717, 1.165) is 115 Å². The standard InChI is InChI=1S/C59H91N7O12/c1-8-48-49(9-2)53(62-52(48)41-54-50(12-10-22-67)45(3)56(63-54)43-60-5)42-55-51(13-11-23-68)46(4)57(64-55)44-61-47-14-15-58(77-38-36-76-35-34-74-29-27-70-7)59(40-47)78-39-37-75-33-31-72-25-21-66-18-16-65(17-19-66)20-24-71-30-32-73-28-26-69-6/h14-15,40-44,63,67-68H,8-13,16-39H2,1-7H3. The number of rotatable bonds is 42. The number of nitrogens with one attached hydrogen (secondary N) is 1. The number of nitrogens with zero attached hydrogens (tertiary/aromatic N) is 6. The molecule has 0 bridgehead atoms. The van der Waals surface area contributed by atoms with Crippen LogP contribution in [0.4, 0.5) is 5.69 Å². The second-order valence-electron chi connectivity index (χ2n) is 18.8. The van der Waals surface area contributed by atoms with Crippen molar-refractivity contribution >= 4 is 35.6 Å². The van der Waals surface area contributed by atoms with E-state index >= 15 is 0 Å². The number of aliphatic hydroxyl groups is 2. The molecule has 0 amide bonds. The normalized spacial score (nSPS) is 16.7. The Balaban J connectivity index is 1.19. The molecule has 3 aliphatic rings. The van der Waals surface area contributed by atoms with Gasteiger partial charge in [0.2, 0.25) is 0 Å². The van der Waals surface area contributed by atoms with Crippen LogP contribution in [0.5, 0.6) is 11.5 Å². The predicted molar refractivity (Wildman–Crippen MR) is 309 cm³/mol. The molecule has 434 valence electrons. The van der Waals surface area contributed by atoms with E-state index in [9.17, 15) is 10.2 Å². The molecule has 0 saturated carbocycles. The number of H-pyrrole nitrogens is 1. The summed E-state index contributed by atoms with van der Waals surface area (Å²) in [5.41, 5.74) is 12.7. The Morgan fingerprint density at radius 3 is 1.64 bits per heavy atom. The smallest absolute Gasteiger partial charge is 0.163 e. The van der Waals surface area contributed by atoms with Gasteiger partial charge >= 0.3 is 0 Å². The number of piperazine rings is 1. The van der Waals surface area contributed by atoms with Gasteiger partial charge in [0.15, 0.2) is 11.5 Å². The summed E-state index contributed by atoms with van der Waals surface area (Å²) in [5.74, 6) is 1.10. The molecule has 19 heteroatoms. The molecule has 1 aromatic carbocycles. The molecule has 3 N–H and O–H groups in total. The molecule has 0 atom stereocenters. The fraction of sp³-hybridized carbons (Fsp3) is 0.627. The highest BCUT2D eigenvalue weighted by molar-refractivity contribution is 6.40. The van der Waals surface area contributed by atoms with E-state index in [4.69, 9.17) is 62.3 Å². The Morgan fingerprint density at radius 2 is 1.09 bits per heavy atom. The van der Waals surface area contributed by atoms with Gasteiger partial charge in [-0.05, 0) is 110 Å². The summed E-state index contributed by atoms with van der Waals surface area (Å²) >= 11 is 0. The highest BCUT2D eigenvalue weighted by atomic mass is 16.6. The fourth-order valence-electron chi connectivity index (χ4n) is 9.19. The molecule has 0 aliphatic carbocycles. The van der Waals surface area contributed by atoms with Gasteiger partial charge in [0.25, 0.3) is 0 Å². The van der Waals surface area contributed by atoms with Crippen molar-refractivity contribution in [2.24, 2.45) is 20.0 Å². The second kappa shape index (κ2) is 38.0. The average Bonchev–Trinajstić information content (AvgIpc) is 4.08. The maximum absolute atomic E-state index is 9.93. The predicted octanol–water partition coefficient (Wildman–Crippen LogP) is 6.81. The number of aromatic nitrogens is 1. The van der Waals surface area contributed by atoms with Gasteiger partial charge in [-0.25, -0.2) is 9.98 Å². The molecule has 0 spiro atoms. The first-order chi connectivity index (χ1) is 38.3. The first kappa shape index (κ1) is 64.1. The monoisotopic (exact) mass is 1090 g/mol. The minimum atomic E-state index is 0.0659. The number of allylic oxidation sites excluding steroid dienone is 5. The molecule has 4 heterocycles. The topological polar surface area (TPSA) is 204 Å². The van der Waals surface area contributed by atoms with Gasteiger partial charge in [-0.1, -0.05) is 13.8 Å². The first-order valence-electron chi connectivity index (χ1n) is 28.0. The van der Waals surface area contributed by atoms with E-state index in [0.29, 0.717) is 142 Å². The Bertz CT molecular complexity index is 2330. The van der Waals surface area contributed by atoms with Crippen LogP contribution in [0.25, 0.3) is 6.08 Å². The maximum atomic E-state index is 9.93. The zero-order valence-electron chi connectivity index (χ0n) is 47.9. The van der Waals surface area contributed by atoms with Crippen molar-refractivity contribution in [1.29, 1.82) is 0 Å². The van der Waals surface area contributed by atoms with Crippen LogP contribution >= 0.6 is 0 Å². The summed E-state index contributed by atoms with van der Waals surface area (Å²) < 4.78 is 56.7. The Hall–Kier alpha value is -4.74. The highest BCUT2D eigenvalue weighted by Crippen LogP contribution is 2.37. The number of hydrogen-bond donors (Lipinski definition) is 3. The molecule has 1 saturated heterocycles. The lowest BCUT2D eigenvalue weighted by molar-refractivity contribution is 0.0108. The lowest BCUT2D eigenvalue weighted by Gasteiger charge is -2.34. The number of methoxy groups -OCH3 is 2. The van der Waals surface area contributed by atoms with E-state index in [-0.39, 0.29) is 13.2 Å². The summed E-state index contributed by atoms with van der Waals surface area (Å²) in [4.78, 5) is 28.0. The largest absolute Gasteiger partial charge is 0.487 e. The van der Waals surface area contributed by atoms with E-state index in [1.807, 2.05) is 24.4 Å². The van der Waals surface area contributed by atoms with Crippen LogP contribution in [0.15, 0.2) is 77.9 Å². The van der Waals surface area contributed by atoms with Gasteiger partial charge in [0, 0.05) is 91.7 Å². The third kappa shape index (κ3) is 21.7. The van der Waals surface area contributed by atoms with E-state index in [2.05, 4.69) is 59.6 Å². The van der Waals surface area contributed by atoms with Crippen LogP contribution in [0.3, 0.4) is 0 Å². The summed E-state index contributed by atoms with van der Waals surface area (Å²) in [5, 5.41) is 19.6. The van der Waals surface area contributed by atoms with Crippen LogP contribution in [-0.4, -0.2) is 228 Å². The van der Waals surface area contributed by atoms with Crippen LogP contribution in [0.2, 0.25) is 0 Å². The van der Waals surface area contributed by atoms with Gasteiger partial charge in [-0.2, -0.15) is 0 Å². The molecule has 2 aromatic rings. The molecule has 3 aliphatic heterocycles. The highest BCUT2D eigenvalue weighted by Gasteiger charge is 2.26. The van der Waals surface area contributed by atoms with Gasteiger partial charge < -0.3 is 62.6 Å². The van der Waals surface area contributed by atoms with Crippen molar-refractivity contribution in [3.8, 4) is 11.5 Å². The van der Waals surface area contributed by atoms with Crippen LogP contribution in [-0.2, 0) is 44.3 Å². The third-order valence-corrected chi connectivity index (χ3v) is 13.5. The van der Waals surface area contributed by atoms with E-state index < -0.39 is 0 Å². The second-order valence-corrected chi connectivity index (χ2v) is 18.8. The molecule has 19 nitrogen and oxygen atoms in total. The van der Waals surface area contributed by atoms with Gasteiger partial charge in [0.05, 0.1) is 133 Å². The van der Waals surface area contributed by atoms with Crippen molar-refractivity contribution in [1.82, 2.24) is 14.8 Å². The van der Waals surface area contributed by atoms with Crippen molar-refractivity contribution in [3.63, 3.8) is 0 Å². The molecular formula is C59H91N7O12. The number of hydrogen-bond acceptors (Lipinski definition) is 18. The third-order valence-electron chi connectivity index (χ3n) is 13.5. The van der Waals surface area contributed by atoms with Gasteiger partial charge in [0.1, 0.15) is 13.2 Å². The summed E-state index contributed by atoms with van der Waals surface area (Å²) in [6.07, 6.45) is 12.1. The number of benzene rings is 1. The SMILES string of the molecule is CCC1=C(CC)C(C=C2N=C(C=Nc3ccc(OCCOCCOCCOC)c(OCCOCCOCCN4CCN(CCOCCOCCOC)CC4)c3)C(C)=C2CCCO)=NC1=Cc1[nH]c(C=NC)c(C)c1CCCO. The van der Waals surface area contributed by atoms with Crippen molar-refractivity contribution in [2.75, 3.05) is 179 Å². The lowest BCUT2D eigenvalue weighted by atomic mass is 9.96. The molecular weight excluding hydrogens is 999 g/mol. The minimum absolute atomic E-state index is 0.0659. The Morgan fingerprint density at radius 1 is 0.577 bits per heavy atom. The number of aliphatic hydroxyl groups excluding tert-OH is 2. The minimum Gasteiger partial charge on any atom is -0.487 e. The molecule has 1 fully saturated rings. The summed E-state index contributed by atoms with van der Waals surface area (Å²) in [6, 6.07) is 5.60. The maximum Gasteiger partial charge on any atom is 0.163 e. The Labute approximate surface area is 464 Å².